The van der Waals surface area contributed by atoms with Crippen molar-refractivity contribution in [1.29, 1.82) is 0 Å². The molecule has 1 aromatic heterocycles. The van der Waals surface area contributed by atoms with Crippen LogP contribution in [0, 0.1) is 13.8 Å². The Balaban J connectivity index is 2.14. The number of carbonyl (C=O) groups excluding carboxylic acids is 1. The lowest BCUT2D eigenvalue weighted by Crippen LogP contribution is -2.11. The third kappa shape index (κ3) is 4.02. The Bertz CT molecular complexity index is 654. The summed E-state index contributed by atoms with van der Waals surface area (Å²) in [4.78, 5) is 19.9. The van der Waals surface area contributed by atoms with Crippen LogP contribution in [0.1, 0.15) is 36.8 Å². The van der Waals surface area contributed by atoms with Gasteiger partial charge in [0.15, 0.2) is 0 Å². The smallest absolute Gasteiger partial charge is 0.221 e. The summed E-state index contributed by atoms with van der Waals surface area (Å²) in [6.07, 6.45) is 1.73. The van der Waals surface area contributed by atoms with Crippen molar-refractivity contribution < 1.29 is 4.79 Å². The maximum Gasteiger partial charge on any atom is 0.221 e. The predicted octanol–water partition coefficient (Wildman–Crippen LogP) is 3.22. The van der Waals surface area contributed by atoms with Crippen molar-refractivity contribution in [2.45, 2.75) is 33.7 Å². The SMILES string of the molecule is CC(=O)Nc1cccc(C(C)Nc2cnc(C)c(C)n2)c1. The van der Waals surface area contributed by atoms with Crippen LogP contribution in [0.25, 0.3) is 0 Å². The number of aryl methyl sites for hydroxylation is 2. The standard InChI is InChI=1S/C16H20N4O/c1-10-11(2)18-16(9-17-10)19-12(3)14-6-5-7-15(8-14)20-13(4)21/h5-9,12H,1-4H3,(H,18,19)(H,20,21). The lowest BCUT2D eigenvalue weighted by molar-refractivity contribution is -0.114. The van der Waals surface area contributed by atoms with E-state index in [2.05, 4.69) is 20.6 Å². The molecule has 0 bridgehead atoms. The highest BCUT2D eigenvalue weighted by Gasteiger charge is 2.08. The maximum atomic E-state index is 11.1. The van der Waals surface area contributed by atoms with Crippen LogP contribution in [0.2, 0.25) is 0 Å². The Morgan fingerprint density at radius 2 is 2.00 bits per heavy atom. The molecule has 0 radical (unpaired) electrons. The summed E-state index contributed by atoms with van der Waals surface area (Å²) in [7, 11) is 0. The first-order valence-corrected chi connectivity index (χ1v) is 6.90. The van der Waals surface area contributed by atoms with Crippen molar-refractivity contribution in [2.24, 2.45) is 0 Å². The number of hydrogen-bond acceptors (Lipinski definition) is 4. The van der Waals surface area contributed by atoms with Crippen LogP contribution in [0.4, 0.5) is 11.5 Å². The van der Waals surface area contributed by atoms with Gasteiger partial charge in [0.25, 0.3) is 0 Å². The summed E-state index contributed by atoms with van der Waals surface area (Å²) in [6.45, 7) is 7.42. The molecule has 1 aromatic carbocycles. The maximum absolute atomic E-state index is 11.1. The van der Waals surface area contributed by atoms with Crippen LogP contribution >= 0.6 is 0 Å². The van der Waals surface area contributed by atoms with E-state index in [0.29, 0.717) is 0 Å². The Morgan fingerprint density at radius 3 is 2.67 bits per heavy atom. The fraction of sp³-hybridized carbons (Fsp3) is 0.312. The number of aromatic nitrogens is 2. The number of nitrogens with one attached hydrogen (secondary N) is 2. The number of nitrogens with zero attached hydrogens (tertiary/aromatic N) is 2. The normalized spacial score (nSPS) is 11.8. The van der Waals surface area contributed by atoms with Crippen LogP contribution in [0.3, 0.4) is 0 Å². The molecule has 2 N–H and O–H groups in total. The Labute approximate surface area is 124 Å². The molecule has 5 nitrogen and oxygen atoms in total. The number of carbonyl (C=O) groups is 1. The minimum absolute atomic E-state index is 0.0649. The van der Waals surface area contributed by atoms with Gasteiger partial charge in [-0.15, -0.1) is 0 Å². The molecular weight excluding hydrogens is 264 g/mol. The second-order valence-corrected chi connectivity index (χ2v) is 5.10. The summed E-state index contributed by atoms with van der Waals surface area (Å²) >= 11 is 0. The van der Waals surface area contributed by atoms with E-state index in [1.165, 1.54) is 6.92 Å². The van der Waals surface area contributed by atoms with Gasteiger partial charge >= 0.3 is 0 Å². The molecule has 0 fully saturated rings. The summed E-state index contributed by atoms with van der Waals surface area (Å²) < 4.78 is 0. The molecule has 0 aliphatic rings. The van der Waals surface area contributed by atoms with Gasteiger partial charge in [0.2, 0.25) is 5.91 Å². The number of hydrogen-bond donors (Lipinski definition) is 2. The highest BCUT2D eigenvalue weighted by Crippen LogP contribution is 2.21. The second-order valence-electron chi connectivity index (χ2n) is 5.10. The molecule has 2 rings (SSSR count). The van der Waals surface area contributed by atoms with Gasteiger partial charge in [0, 0.05) is 12.6 Å². The van der Waals surface area contributed by atoms with E-state index in [-0.39, 0.29) is 11.9 Å². The lowest BCUT2D eigenvalue weighted by atomic mass is 10.1. The molecule has 0 spiro atoms. The molecule has 110 valence electrons. The fourth-order valence-corrected chi connectivity index (χ4v) is 2.01. The average Bonchev–Trinajstić information content (AvgIpc) is 2.42. The third-order valence-corrected chi connectivity index (χ3v) is 3.26. The summed E-state index contributed by atoms with van der Waals surface area (Å²) in [5.74, 6) is 0.670. The van der Waals surface area contributed by atoms with Gasteiger partial charge in [0.05, 0.1) is 23.6 Å². The number of benzene rings is 1. The number of anilines is 2. The largest absolute Gasteiger partial charge is 0.362 e. The first-order valence-electron chi connectivity index (χ1n) is 6.90. The molecule has 2 aromatic rings. The van der Waals surface area contributed by atoms with E-state index in [1.54, 1.807) is 6.20 Å². The highest BCUT2D eigenvalue weighted by molar-refractivity contribution is 5.88. The fourth-order valence-electron chi connectivity index (χ4n) is 2.01. The molecule has 0 aliphatic heterocycles. The Morgan fingerprint density at radius 1 is 1.24 bits per heavy atom. The van der Waals surface area contributed by atoms with Gasteiger partial charge < -0.3 is 10.6 Å². The number of amides is 1. The lowest BCUT2D eigenvalue weighted by Gasteiger charge is -2.16. The van der Waals surface area contributed by atoms with Gasteiger partial charge in [0.1, 0.15) is 5.82 Å². The molecule has 1 heterocycles. The van der Waals surface area contributed by atoms with Crippen LogP contribution in [0.15, 0.2) is 30.5 Å². The van der Waals surface area contributed by atoms with Crippen molar-refractivity contribution in [1.82, 2.24) is 9.97 Å². The van der Waals surface area contributed by atoms with E-state index in [9.17, 15) is 4.79 Å². The topological polar surface area (TPSA) is 66.9 Å². The van der Waals surface area contributed by atoms with Crippen LogP contribution in [-0.4, -0.2) is 15.9 Å². The zero-order valence-electron chi connectivity index (χ0n) is 12.8. The third-order valence-electron chi connectivity index (χ3n) is 3.26. The molecular formula is C16H20N4O. The van der Waals surface area contributed by atoms with Crippen molar-refractivity contribution in [3.8, 4) is 0 Å². The van der Waals surface area contributed by atoms with E-state index in [4.69, 9.17) is 0 Å². The van der Waals surface area contributed by atoms with Gasteiger partial charge in [-0.1, -0.05) is 12.1 Å². The second kappa shape index (κ2) is 6.35. The monoisotopic (exact) mass is 284 g/mol. The van der Waals surface area contributed by atoms with E-state index < -0.39 is 0 Å². The van der Waals surface area contributed by atoms with Gasteiger partial charge in [-0.05, 0) is 38.5 Å². The minimum Gasteiger partial charge on any atom is -0.362 e. The average molecular weight is 284 g/mol. The summed E-state index contributed by atoms with van der Waals surface area (Å²) in [5.41, 5.74) is 3.71. The molecule has 21 heavy (non-hydrogen) atoms. The van der Waals surface area contributed by atoms with Gasteiger partial charge in [-0.25, -0.2) is 4.98 Å². The Hall–Kier alpha value is -2.43. The molecule has 1 atom stereocenters. The zero-order valence-corrected chi connectivity index (χ0v) is 12.8. The van der Waals surface area contributed by atoms with E-state index >= 15 is 0 Å². The van der Waals surface area contributed by atoms with Crippen molar-refractivity contribution in [3.63, 3.8) is 0 Å². The quantitative estimate of drug-likeness (QED) is 0.904. The first kappa shape index (κ1) is 15.0. The van der Waals surface area contributed by atoms with Gasteiger partial charge in [-0.2, -0.15) is 0 Å². The van der Waals surface area contributed by atoms with E-state index in [0.717, 1.165) is 28.5 Å². The van der Waals surface area contributed by atoms with Crippen molar-refractivity contribution >= 4 is 17.4 Å². The number of rotatable bonds is 4. The molecule has 0 saturated heterocycles. The minimum atomic E-state index is -0.0761. The van der Waals surface area contributed by atoms with Crippen molar-refractivity contribution in [3.05, 3.63) is 47.4 Å². The predicted molar refractivity (Wildman–Crippen MR) is 84.3 cm³/mol. The van der Waals surface area contributed by atoms with Crippen LogP contribution in [-0.2, 0) is 4.79 Å². The van der Waals surface area contributed by atoms with Crippen LogP contribution < -0.4 is 10.6 Å². The van der Waals surface area contributed by atoms with Gasteiger partial charge in [-0.3, -0.25) is 9.78 Å². The first-order chi connectivity index (χ1) is 9.95. The molecule has 0 saturated carbocycles. The summed E-state index contributed by atoms with van der Waals surface area (Å²) in [5, 5.41) is 6.11. The zero-order chi connectivity index (χ0) is 15.4. The van der Waals surface area contributed by atoms with E-state index in [1.807, 2.05) is 45.0 Å². The summed E-state index contributed by atoms with van der Waals surface area (Å²) in [6, 6.07) is 7.82. The molecule has 5 heteroatoms. The van der Waals surface area contributed by atoms with Crippen molar-refractivity contribution in [2.75, 3.05) is 10.6 Å². The highest BCUT2D eigenvalue weighted by atomic mass is 16.1. The van der Waals surface area contributed by atoms with Crippen LogP contribution in [0.5, 0.6) is 0 Å². The Kier molecular flexibility index (Phi) is 4.52. The molecule has 1 amide bonds. The molecule has 1 unspecified atom stereocenters. The molecule has 0 aliphatic carbocycles.